The lowest BCUT2D eigenvalue weighted by atomic mass is 9.95. The molecule has 2 saturated carbocycles. The van der Waals surface area contributed by atoms with E-state index in [1.165, 1.54) is 25.7 Å². The number of carboxylic acid groups (broad SMARTS) is 1. The van der Waals surface area contributed by atoms with Crippen LogP contribution in [0.4, 0.5) is 0 Å². The number of fused-ring (bicyclic) bond motifs is 2. The molecule has 0 aromatic rings. The number of aliphatic carboxylic acids is 1. The molecule has 3 nitrogen and oxygen atoms in total. The maximum absolute atomic E-state index is 10.3. The molecule has 0 spiro atoms. The summed E-state index contributed by atoms with van der Waals surface area (Å²) in [6, 6.07) is 0.500. The van der Waals surface area contributed by atoms with Crippen LogP contribution in [0.2, 0.25) is 0 Å². The van der Waals surface area contributed by atoms with Crippen LogP contribution < -0.4 is 5.32 Å². The van der Waals surface area contributed by atoms with Gasteiger partial charge in [0.1, 0.15) is 0 Å². The van der Waals surface area contributed by atoms with Gasteiger partial charge >= 0.3 is 5.97 Å². The minimum Gasteiger partial charge on any atom is -0.480 e. The Kier molecular flexibility index (Phi) is 2.05. The Labute approximate surface area is 72.2 Å². The van der Waals surface area contributed by atoms with Gasteiger partial charge in [0, 0.05) is 6.04 Å². The third kappa shape index (κ3) is 1.46. The van der Waals surface area contributed by atoms with Gasteiger partial charge in [-0.15, -0.1) is 0 Å². The summed E-state index contributed by atoms with van der Waals surface area (Å²) < 4.78 is 0. The SMILES string of the molecule is O=C(O)CNC1CC2CCC1C2. The summed E-state index contributed by atoms with van der Waals surface area (Å²) in [6.07, 6.45) is 5.22. The van der Waals surface area contributed by atoms with Crippen LogP contribution in [-0.4, -0.2) is 23.7 Å². The summed E-state index contributed by atoms with van der Waals surface area (Å²) in [7, 11) is 0. The number of hydrogen-bond donors (Lipinski definition) is 2. The molecule has 68 valence electrons. The first-order valence-electron chi connectivity index (χ1n) is 4.71. The van der Waals surface area contributed by atoms with Crippen LogP contribution in [0.5, 0.6) is 0 Å². The van der Waals surface area contributed by atoms with Gasteiger partial charge in [0.2, 0.25) is 0 Å². The zero-order chi connectivity index (χ0) is 8.55. The normalized spacial score (nSPS) is 38.8. The second-order valence-electron chi connectivity index (χ2n) is 4.06. The Balaban J connectivity index is 1.79. The molecule has 0 aromatic heterocycles. The van der Waals surface area contributed by atoms with E-state index in [1.54, 1.807) is 0 Å². The van der Waals surface area contributed by atoms with Crippen LogP contribution in [-0.2, 0) is 4.79 Å². The predicted molar refractivity (Wildman–Crippen MR) is 44.9 cm³/mol. The van der Waals surface area contributed by atoms with Gasteiger partial charge in [-0.1, -0.05) is 6.42 Å². The van der Waals surface area contributed by atoms with Crippen molar-refractivity contribution in [1.82, 2.24) is 5.32 Å². The highest BCUT2D eigenvalue weighted by atomic mass is 16.4. The number of carbonyl (C=O) groups is 1. The standard InChI is InChI=1S/C9H15NO2/c11-9(12)5-10-8-4-6-1-2-7(8)3-6/h6-8,10H,1-5H2,(H,11,12). The molecule has 3 atom stereocenters. The quantitative estimate of drug-likeness (QED) is 0.658. The zero-order valence-corrected chi connectivity index (χ0v) is 7.12. The molecule has 2 N–H and O–H groups in total. The predicted octanol–water partition coefficient (Wildman–Crippen LogP) is 0.849. The Bertz CT molecular complexity index is 193. The fraction of sp³-hybridized carbons (Fsp3) is 0.889. The molecular weight excluding hydrogens is 154 g/mol. The Morgan fingerprint density at radius 1 is 1.42 bits per heavy atom. The van der Waals surface area contributed by atoms with Crippen molar-refractivity contribution < 1.29 is 9.90 Å². The minimum atomic E-state index is -0.738. The molecule has 2 bridgehead atoms. The molecule has 3 heteroatoms. The van der Waals surface area contributed by atoms with Crippen molar-refractivity contribution in [2.45, 2.75) is 31.7 Å². The highest BCUT2D eigenvalue weighted by Crippen LogP contribution is 2.44. The first-order valence-corrected chi connectivity index (χ1v) is 4.71. The van der Waals surface area contributed by atoms with Crippen molar-refractivity contribution in [2.24, 2.45) is 11.8 Å². The van der Waals surface area contributed by atoms with E-state index in [4.69, 9.17) is 5.11 Å². The second kappa shape index (κ2) is 3.05. The van der Waals surface area contributed by atoms with E-state index in [9.17, 15) is 4.79 Å². The summed E-state index contributed by atoms with van der Waals surface area (Å²) in [4.78, 5) is 10.3. The van der Waals surface area contributed by atoms with Crippen LogP contribution in [0, 0.1) is 11.8 Å². The van der Waals surface area contributed by atoms with E-state index in [1.807, 2.05) is 0 Å². The van der Waals surface area contributed by atoms with Gasteiger partial charge < -0.3 is 10.4 Å². The second-order valence-corrected chi connectivity index (χ2v) is 4.06. The summed E-state index contributed by atoms with van der Waals surface area (Å²) in [6.45, 7) is 0.133. The molecule has 0 saturated heterocycles. The lowest BCUT2D eigenvalue weighted by molar-refractivity contribution is -0.136. The molecule has 3 unspecified atom stereocenters. The molecule has 12 heavy (non-hydrogen) atoms. The van der Waals surface area contributed by atoms with Crippen molar-refractivity contribution in [1.29, 1.82) is 0 Å². The molecule has 0 radical (unpaired) electrons. The molecule has 0 aromatic carbocycles. The minimum absolute atomic E-state index is 0.133. The highest BCUT2D eigenvalue weighted by Gasteiger charge is 2.39. The lowest BCUT2D eigenvalue weighted by Gasteiger charge is -2.21. The average Bonchev–Trinajstić information content (AvgIpc) is 2.60. The molecule has 2 rings (SSSR count). The van der Waals surface area contributed by atoms with Gasteiger partial charge in [0.15, 0.2) is 0 Å². The average molecular weight is 169 g/mol. The highest BCUT2D eigenvalue weighted by molar-refractivity contribution is 5.69. The Morgan fingerprint density at radius 3 is 2.75 bits per heavy atom. The monoisotopic (exact) mass is 169 g/mol. The summed E-state index contributed by atoms with van der Waals surface area (Å²) in [5, 5.41) is 11.6. The van der Waals surface area contributed by atoms with Crippen LogP contribution in [0.1, 0.15) is 25.7 Å². The van der Waals surface area contributed by atoms with Crippen LogP contribution in [0.25, 0.3) is 0 Å². The Morgan fingerprint density at radius 2 is 2.25 bits per heavy atom. The maximum atomic E-state index is 10.3. The molecule has 0 aliphatic heterocycles. The Hall–Kier alpha value is -0.570. The van der Waals surface area contributed by atoms with E-state index in [0.29, 0.717) is 6.04 Å². The molecule has 0 amide bonds. The van der Waals surface area contributed by atoms with E-state index < -0.39 is 5.97 Å². The molecule has 2 aliphatic rings. The fourth-order valence-electron chi connectivity index (χ4n) is 2.71. The van der Waals surface area contributed by atoms with Crippen LogP contribution in [0.3, 0.4) is 0 Å². The molecule has 2 aliphatic carbocycles. The van der Waals surface area contributed by atoms with Crippen molar-refractivity contribution in [2.75, 3.05) is 6.54 Å². The third-order valence-corrected chi connectivity index (χ3v) is 3.25. The molecule has 2 fully saturated rings. The first-order chi connectivity index (χ1) is 5.75. The van der Waals surface area contributed by atoms with Crippen LogP contribution >= 0.6 is 0 Å². The smallest absolute Gasteiger partial charge is 0.317 e. The first kappa shape index (κ1) is 8.05. The van der Waals surface area contributed by atoms with E-state index in [2.05, 4.69) is 5.32 Å². The van der Waals surface area contributed by atoms with Gasteiger partial charge in [0.05, 0.1) is 6.54 Å². The number of hydrogen-bond acceptors (Lipinski definition) is 2. The maximum Gasteiger partial charge on any atom is 0.317 e. The molecular formula is C9H15NO2. The van der Waals surface area contributed by atoms with Crippen molar-refractivity contribution in [3.05, 3.63) is 0 Å². The van der Waals surface area contributed by atoms with E-state index in [-0.39, 0.29) is 6.54 Å². The van der Waals surface area contributed by atoms with Crippen LogP contribution in [0.15, 0.2) is 0 Å². The number of carboxylic acids is 1. The van der Waals surface area contributed by atoms with Crippen molar-refractivity contribution >= 4 is 5.97 Å². The van der Waals surface area contributed by atoms with Gasteiger partial charge in [-0.2, -0.15) is 0 Å². The fourth-order valence-corrected chi connectivity index (χ4v) is 2.71. The molecule has 0 heterocycles. The van der Waals surface area contributed by atoms with Gasteiger partial charge in [-0.3, -0.25) is 4.79 Å². The van der Waals surface area contributed by atoms with Crippen molar-refractivity contribution in [3.63, 3.8) is 0 Å². The zero-order valence-electron chi connectivity index (χ0n) is 7.12. The van der Waals surface area contributed by atoms with Gasteiger partial charge in [0.25, 0.3) is 0 Å². The largest absolute Gasteiger partial charge is 0.480 e. The lowest BCUT2D eigenvalue weighted by Crippen LogP contribution is -2.37. The summed E-state index contributed by atoms with van der Waals surface area (Å²) in [5.74, 6) is 0.924. The number of rotatable bonds is 3. The summed E-state index contributed by atoms with van der Waals surface area (Å²) >= 11 is 0. The third-order valence-electron chi connectivity index (χ3n) is 3.25. The van der Waals surface area contributed by atoms with E-state index in [0.717, 1.165) is 11.8 Å². The van der Waals surface area contributed by atoms with Crippen molar-refractivity contribution in [3.8, 4) is 0 Å². The summed E-state index contributed by atoms with van der Waals surface area (Å²) in [5.41, 5.74) is 0. The van der Waals surface area contributed by atoms with E-state index >= 15 is 0 Å². The number of nitrogens with one attached hydrogen (secondary N) is 1. The topological polar surface area (TPSA) is 49.3 Å². The van der Waals surface area contributed by atoms with Gasteiger partial charge in [-0.25, -0.2) is 0 Å². The van der Waals surface area contributed by atoms with Gasteiger partial charge in [-0.05, 0) is 31.1 Å².